The summed E-state index contributed by atoms with van der Waals surface area (Å²) in [5.41, 5.74) is -0.462. The highest BCUT2D eigenvalue weighted by molar-refractivity contribution is 5.69. The fourth-order valence-electron chi connectivity index (χ4n) is 2.29. The molecule has 1 aliphatic heterocycles. The minimum absolute atomic E-state index is 0.00449. The second kappa shape index (κ2) is 4.63. The third kappa shape index (κ3) is 2.83. The Morgan fingerprint density at radius 3 is 2.83 bits per heavy atom. The molecule has 0 unspecified atom stereocenters. The summed E-state index contributed by atoms with van der Waals surface area (Å²) < 4.78 is 5.44. The largest absolute Gasteiger partial charge is 0.444 e. The molecular weight excluding hydrogens is 230 g/mol. The Hall–Kier alpha value is -1.52. The van der Waals surface area contributed by atoms with E-state index in [1.165, 1.54) is 0 Å². The lowest BCUT2D eigenvalue weighted by molar-refractivity contribution is 0.0214. The fourth-order valence-corrected chi connectivity index (χ4v) is 2.29. The number of carbonyl (C=O) groups excluding carboxylic acids is 1. The van der Waals surface area contributed by atoms with Gasteiger partial charge >= 0.3 is 6.09 Å². The lowest BCUT2D eigenvalue weighted by Crippen LogP contribution is -2.37. The van der Waals surface area contributed by atoms with Crippen LogP contribution in [0.3, 0.4) is 0 Å². The van der Waals surface area contributed by atoms with E-state index in [1.54, 1.807) is 17.3 Å². The molecule has 0 radical (unpaired) electrons. The lowest BCUT2D eigenvalue weighted by Gasteiger charge is -2.27. The van der Waals surface area contributed by atoms with E-state index in [9.17, 15) is 4.79 Å². The quantitative estimate of drug-likeness (QED) is 0.835. The summed E-state index contributed by atoms with van der Waals surface area (Å²) in [6.45, 7) is 8.51. The summed E-state index contributed by atoms with van der Waals surface area (Å²) in [6, 6.07) is 0.00449. The average molecular weight is 251 g/mol. The smallest absolute Gasteiger partial charge is 0.410 e. The normalized spacial score (nSPS) is 24.3. The number of ether oxygens (including phenoxy) is 1. The van der Waals surface area contributed by atoms with Crippen molar-refractivity contribution in [3.63, 3.8) is 0 Å². The highest BCUT2D eigenvalue weighted by Crippen LogP contribution is 2.34. The van der Waals surface area contributed by atoms with E-state index < -0.39 is 5.60 Å². The number of aromatic nitrogens is 2. The van der Waals surface area contributed by atoms with E-state index in [0.29, 0.717) is 5.92 Å². The molecule has 1 aliphatic rings. The Kier molecular flexibility index (Phi) is 3.32. The number of aromatic amines is 1. The van der Waals surface area contributed by atoms with Gasteiger partial charge in [0.1, 0.15) is 11.4 Å². The fraction of sp³-hybridized carbons (Fsp3) is 0.692. The van der Waals surface area contributed by atoms with Crippen molar-refractivity contribution in [3.8, 4) is 0 Å². The van der Waals surface area contributed by atoms with Crippen molar-refractivity contribution in [1.82, 2.24) is 14.9 Å². The topological polar surface area (TPSA) is 58.2 Å². The van der Waals surface area contributed by atoms with E-state index in [0.717, 1.165) is 18.8 Å². The molecule has 0 aromatic carbocycles. The number of hydrogen-bond acceptors (Lipinski definition) is 3. The molecule has 5 heteroatoms. The van der Waals surface area contributed by atoms with Crippen molar-refractivity contribution < 1.29 is 9.53 Å². The second-order valence-electron chi connectivity index (χ2n) is 5.96. The zero-order valence-corrected chi connectivity index (χ0v) is 11.4. The summed E-state index contributed by atoms with van der Waals surface area (Å²) in [4.78, 5) is 21.3. The number of rotatable bonds is 1. The van der Waals surface area contributed by atoms with Crippen LogP contribution in [0.4, 0.5) is 4.79 Å². The first-order valence-electron chi connectivity index (χ1n) is 6.35. The molecule has 1 N–H and O–H groups in total. The van der Waals surface area contributed by atoms with Gasteiger partial charge in [0, 0.05) is 18.9 Å². The van der Waals surface area contributed by atoms with Crippen molar-refractivity contribution in [1.29, 1.82) is 0 Å². The van der Waals surface area contributed by atoms with Gasteiger partial charge < -0.3 is 9.72 Å². The molecule has 1 fully saturated rings. The molecule has 0 spiro atoms. The van der Waals surface area contributed by atoms with Crippen molar-refractivity contribution in [2.24, 2.45) is 5.92 Å². The molecule has 2 rings (SSSR count). The van der Waals surface area contributed by atoms with Crippen molar-refractivity contribution in [3.05, 3.63) is 18.2 Å². The zero-order valence-electron chi connectivity index (χ0n) is 11.4. The van der Waals surface area contributed by atoms with E-state index in [1.807, 2.05) is 20.8 Å². The van der Waals surface area contributed by atoms with E-state index >= 15 is 0 Å². The number of imidazole rings is 1. The van der Waals surface area contributed by atoms with Gasteiger partial charge in [0.25, 0.3) is 0 Å². The van der Waals surface area contributed by atoms with Crippen molar-refractivity contribution in [2.75, 3.05) is 6.54 Å². The molecule has 0 aliphatic carbocycles. The Morgan fingerprint density at radius 2 is 2.28 bits per heavy atom. The molecule has 0 saturated carbocycles. The van der Waals surface area contributed by atoms with Gasteiger partial charge in [-0.15, -0.1) is 0 Å². The van der Waals surface area contributed by atoms with Gasteiger partial charge in [-0.25, -0.2) is 9.78 Å². The Labute approximate surface area is 108 Å². The summed E-state index contributed by atoms with van der Waals surface area (Å²) in [6.07, 6.45) is 4.16. The van der Waals surface area contributed by atoms with Crippen LogP contribution in [-0.2, 0) is 4.74 Å². The minimum atomic E-state index is -0.462. The number of amides is 1. The Morgan fingerprint density at radius 1 is 1.56 bits per heavy atom. The lowest BCUT2D eigenvalue weighted by atomic mass is 10.1. The van der Waals surface area contributed by atoms with Crippen LogP contribution in [0.25, 0.3) is 0 Å². The summed E-state index contributed by atoms with van der Waals surface area (Å²) in [5.74, 6) is 1.30. The Bertz CT molecular complexity index is 408. The predicted molar refractivity (Wildman–Crippen MR) is 68.0 cm³/mol. The van der Waals surface area contributed by atoms with Crippen LogP contribution in [0.2, 0.25) is 0 Å². The first kappa shape index (κ1) is 12.9. The maximum Gasteiger partial charge on any atom is 0.410 e. The van der Waals surface area contributed by atoms with E-state index in [4.69, 9.17) is 4.74 Å². The monoisotopic (exact) mass is 251 g/mol. The first-order valence-corrected chi connectivity index (χ1v) is 6.35. The maximum absolute atomic E-state index is 12.2. The number of H-pyrrole nitrogens is 1. The summed E-state index contributed by atoms with van der Waals surface area (Å²) in [5, 5.41) is 0. The molecule has 1 saturated heterocycles. The summed E-state index contributed by atoms with van der Waals surface area (Å²) in [7, 11) is 0. The number of carbonyl (C=O) groups is 1. The number of nitrogens with zero attached hydrogens (tertiary/aromatic N) is 2. The van der Waals surface area contributed by atoms with Crippen LogP contribution in [-0.4, -0.2) is 33.1 Å². The number of likely N-dealkylation sites (tertiary alicyclic amines) is 1. The average Bonchev–Trinajstić information content (AvgIpc) is 2.82. The van der Waals surface area contributed by atoms with Gasteiger partial charge in [0.15, 0.2) is 0 Å². The molecule has 100 valence electrons. The molecule has 2 heterocycles. The van der Waals surface area contributed by atoms with E-state index in [2.05, 4.69) is 16.9 Å². The van der Waals surface area contributed by atoms with Crippen LogP contribution in [0.5, 0.6) is 0 Å². The molecular formula is C13H21N3O2. The van der Waals surface area contributed by atoms with Crippen LogP contribution in [0.15, 0.2) is 12.4 Å². The number of hydrogen-bond donors (Lipinski definition) is 1. The second-order valence-corrected chi connectivity index (χ2v) is 5.96. The van der Waals surface area contributed by atoms with Gasteiger partial charge in [0.05, 0.1) is 6.04 Å². The molecule has 1 aromatic heterocycles. The zero-order chi connectivity index (χ0) is 13.3. The molecule has 1 aromatic rings. The summed E-state index contributed by atoms with van der Waals surface area (Å²) >= 11 is 0. The molecule has 0 bridgehead atoms. The SMILES string of the molecule is C[C@H]1C[C@@H](c2ncc[nH]2)N(C(=O)OC(C)(C)C)C1. The highest BCUT2D eigenvalue weighted by atomic mass is 16.6. The minimum Gasteiger partial charge on any atom is -0.444 e. The Balaban J connectivity index is 2.13. The maximum atomic E-state index is 12.2. The standard InChI is InChI=1S/C13H21N3O2/c1-9-7-10(11-14-5-6-15-11)16(8-9)12(17)18-13(2,3)4/h5-6,9-10H,7-8H2,1-4H3,(H,14,15)/t9-,10-/m0/s1. The van der Waals surface area contributed by atoms with Gasteiger partial charge in [-0.05, 0) is 33.1 Å². The third-order valence-electron chi connectivity index (χ3n) is 2.97. The number of nitrogens with one attached hydrogen (secondary N) is 1. The van der Waals surface area contributed by atoms with Gasteiger partial charge in [-0.3, -0.25) is 4.90 Å². The molecule has 2 atom stereocenters. The van der Waals surface area contributed by atoms with Gasteiger partial charge in [-0.1, -0.05) is 6.92 Å². The molecule has 18 heavy (non-hydrogen) atoms. The van der Waals surface area contributed by atoms with Crippen molar-refractivity contribution >= 4 is 6.09 Å². The van der Waals surface area contributed by atoms with Gasteiger partial charge in [-0.2, -0.15) is 0 Å². The van der Waals surface area contributed by atoms with Crippen LogP contribution in [0.1, 0.15) is 46.0 Å². The highest BCUT2D eigenvalue weighted by Gasteiger charge is 2.37. The van der Waals surface area contributed by atoms with Crippen molar-refractivity contribution in [2.45, 2.75) is 45.8 Å². The van der Waals surface area contributed by atoms with Crippen LogP contribution >= 0.6 is 0 Å². The van der Waals surface area contributed by atoms with Crippen LogP contribution < -0.4 is 0 Å². The van der Waals surface area contributed by atoms with E-state index in [-0.39, 0.29) is 12.1 Å². The first-order chi connectivity index (χ1) is 8.37. The molecule has 1 amide bonds. The third-order valence-corrected chi connectivity index (χ3v) is 2.97. The molecule has 5 nitrogen and oxygen atoms in total. The van der Waals surface area contributed by atoms with Gasteiger partial charge in [0.2, 0.25) is 0 Å². The predicted octanol–water partition coefficient (Wildman–Crippen LogP) is 2.73. The van der Waals surface area contributed by atoms with Crippen LogP contribution in [0, 0.1) is 5.92 Å².